The molecule has 7 heteroatoms. The summed E-state index contributed by atoms with van der Waals surface area (Å²) in [4.78, 5) is 0. The molecule has 0 aromatic heterocycles. The summed E-state index contributed by atoms with van der Waals surface area (Å²) in [6.07, 6.45) is 1.42. The van der Waals surface area contributed by atoms with E-state index in [9.17, 15) is 0 Å². The highest BCUT2D eigenvalue weighted by atomic mass is 28.4. The van der Waals surface area contributed by atoms with Crippen LogP contribution < -0.4 is 0 Å². The molecule has 0 atom stereocenters. The predicted octanol–water partition coefficient (Wildman–Crippen LogP) is 3.20. The van der Waals surface area contributed by atoms with E-state index in [1.165, 1.54) is 0 Å². The molecule has 0 aliphatic carbocycles. The summed E-state index contributed by atoms with van der Waals surface area (Å²) in [7, 11) is -3.60. The van der Waals surface area contributed by atoms with Gasteiger partial charge in [0.15, 0.2) is 10.5 Å². The molecule has 0 saturated carbocycles. The van der Waals surface area contributed by atoms with Gasteiger partial charge in [-0.15, -0.1) is 13.2 Å². The summed E-state index contributed by atoms with van der Waals surface area (Å²) in [5, 5.41) is 0. The topological polar surface area (TPSA) is 36.9 Å². The maximum Gasteiger partial charge on any atom is 0.254 e. The highest BCUT2D eigenvalue weighted by molar-refractivity contribution is 6.77. The average Bonchev–Trinajstić information content (AvgIpc) is 2.45. The van der Waals surface area contributed by atoms with E-state index in [1.54, 1.807) is 0 Å². The SMILES string of the molecule is C=C[Si](C)(C)OC(CCCOCC(=C)C)(O[SiH3])O[Si](C)(C)C=C. The molecule has 0 N–H and O–H groups in total. The number of hydrogen-bond donors (Lipinski definition) is 0. The van der Waals surface area contributed by atoms with Crippen LogP contribution in [-0.4, -0.2) is 46.3 Å². The molecular weight excluding hydrogens is 340 g/mol. The first-order chi connectivity index (χ1) is 10.5. The zero-order valence-electron chi connectivity index (χ0n) is 15.7. The Morgan fingerprint density at radius 3 is 1.91 bits per heavy atom. The molecule has 0 rings (SSSR count). The molecule has 0 aliphatic heterocycles. The van der Waals surface area contributed by atoms with Gasteiger partial charge in [0.1, 0.15) is 0 Å². The first-order valence-corrected chi connectivity index (χ1v) is 14.7. The molecule has 0 spiro atoms. The molecule has 0 unspecified atom stereocenters. The zero-order chi connectivity index (χ0) is 18.1. The van der Waals surface area contributed by atoms with Gasteiger partial charge >= 0.3 is 0 Å². The Labute approximate surface area is 147 Å². The van der Waals surface area contributed by atoms with Gasteiger partial charge in [-0.25, -0.2) is 0 Å². The van der Waals surface area contributed by atoms with Crippen LogP contribution in [0.4, 0.5) is 0 Å². The van der Waals surface area contributed by atoms with Gasteiger partial charge in [-0.3, -0.25) is 0 Å². The Morgan fingerprint density at radius 1 is 1.09 bits per heavy atom. The van der Waals surface area contributed by atoms with Crippen molar-refractivity contribution in [2.45, 2.75) is 51.9 Å². The normalized spacial score (nSPS) is 13.1. The van der Waals surface area contributed by atoms with E-state index in [0.717, 1.165) is 12.0 Å². The summed E-state index contributed by atoms with van der Waals surface area (Å²) in [6.45, 7) is 23.1. The summed E-state index contributed by atoms with van der Waals surface area (Å²) in [5.41, 5.74) is 4.81. The molecule has 0 radical (unpaired) electrons. The Bertz CT molecular complexity index is 386. The standard InChI is InChI=1S/C16H34O4Si3/c1-9-22(5,6)19-16(18-21,20-23(7,8)10-2)12-11-13-17-14-15(3)4/h9-10H,1-3,11-14H2,4-8,21H3. The molecule has 4 nitrogen and oxygen atoms in total. The van der Waals surface area contributed by atoms with E-state index in [2.05, 4.69) is 45.9 Å². The highest BCUT2D eigenvalue weighted by Crippen LogP contribution is 2.30. The number of rotatable bonds is 13. The fraction of sp³-hybridized carbons (Fsp3) is 0.625. The van der Waals surface area contributed by atoms with Gasteiger partial charge in [-0.2, -0.15) is 0 Å². The first-order valence-electron chi connectivity index (χ1n) is 7.96. The molecule has 0 bridgehead atoms. The van der Waals surface area contributed by atoms with Crippen molar-refractivity contribution in [3.8, 4) is 0 Å². The Balaban J connectivity index is 4.99. The summed E-state index contributed by atoms with van der Waals surface area (Å²) >= 11 is 0. The maximum absolute atomic E-state index is 6.31. The second-order valence-electron chi connectivity index (χ2n) is 6.82. The van der Waals surface area contributed by atoms with Crippen molar-refractivity contribution in [2.75, 3.05) is 13.2 Å². The minimum absolute atomic E-state index is 0.525. The van der Waals surface area contributed by atoms with Crippen LogP contribution >= 0.6 is 0 Å². The molecule has 23 heavy (non-hydrogen) atoms. The summed E-state index contributed by atoms with van der Waals surface area (Å²) < 4.78 is 24.0. The molecule has 0 heterocycles. The predicted molar refractivity (Wildman–Crippen MR) is 106 cm³/mol. The fourth-order valence-electron chi connectivity index (χ4n) is 1.83. The first kappa shape index (κ1) is 22.7. The van der Waals surface area contributed by atoms with Crippen LogP contribution in [0, 0.1) is 0 Å². The number of ether oxygens (including phenoxy) is 1. The molecule has 134 valence electrons. The van der Waals surface area contributed by atoms with Gasteiger partial charge < -0.3 is 18.0 Å². The van der Waals surface area contributed by atoms with Crippen molar-refractivity contribution in [1.82, 2.24) is 0 Å². The molecule has 0 aromatic rings. The van der Waals surface area contributed by atoms with E-state index in [4.69, 9.17) is 18.0 Å². The average molecular weight is 375 g/mol. The van der Waals surface area contributed by atoms with Crippen LogP contribution in [0.25, 0.3) is 0 Å². The van der Waals surface area contributed by atoms with Crippen molar-refractivity contribution in [2.24, 2.45) is 0 Å². The van der Waals surface area contributed by atoms with Crippen LogP contribution in [0.15, 0.2) is 36.7 Å². The second kappa shape index (κ2) is 9.87. The van der Waals surface area contributed by atoms with Crippen LogP contribution in [0.2, 0.25) is 26.2 Å². The summed E-state index contributed by atoms with van der Waals surface area (Å²) in [6, 6.07) is 0. The van der Waals surface area contributed by atoms with E-state index in [1.807, 2.05) is 18.3 Å². The van der Waals surface area contributed by atoms with Gasteiger partial charge in [-0.1, -0.05) is 23.6 Å². The monoisotopic (exact) mass is 374 g/mol. The van der Waals surface area contributed by atoms with Gasteiger partial charge in [0.2, 0.25) is 16.6 Å². The fourth-order valence-corrected chi connectivity index (χ4v) is 4.84. The third kappa shape index (κ3) is 9.56. The quantitative estimate of drug-likeness (QED) is 0.215. The maximum atomic E-state index is 6.31. The molecule has 0 aromatic carbocycles. The lowest BCUT2D eigenvalue weighted by Gasteiger charge is -2.42. The van der Waals surface area contributed by atoms with Gasteiger partial charge in [-0.05, 0) is 39.5 Å². The third-order valence-electron chi connectivity index (χ3n) is 3.25. The van der Waals surface area contributed by atoms with Crippen LogP contribution in [0.3, 0.4) is 0 Å². The Hall–Kier alpha value is -0.289. The third-order valence-corrected chi connectivity index (χ3v) is 7.51. The minimum atomic E-state index is -2.06. The van der Waals surface area contributed by atoms with Crippen LogP contribution in [0.5, 0.6) is 0 Å². The van der Waals surface area contributed by atoms with E-state index < -0.39 is 22.6 Å². The van der Waals surface area contributed by atoms with Crippen LogP contribution in [0.1, 0.15) is 19.8 Å². The van der Waals surface area contributed by atoms with Crippen molar-refractivity contribution in [3.63, 3.8) is 0 Å². The highest BCUT2D eigenvalue weighted by Gasteiger charge is 2.41. The molecule has 0 aliphatic rings. The number of hydrogen-bond acceptors (Lipinski definition) is 4. The molecular formula is C16H34O4Si3. The smallest absolute Gasteiger partial charge is 0.254 e. The van der Waals surface area contributed by atoms with E-state index in [0.29, 0.717) is 30.1 Å². The van der Waals surface area contributed by atoms with Crippen LogP contribution in [-0.2, 0) is 18.0 Å². The zero-order valence-corrected chi connectivity index (χ0v) is 19.7. The molecule has 0 saturated heterocycles. The van der Waals surface area contributed by atoms with Gasteiger partial charge in [0, 0.05) is 13.0 Å². The lowest BCUT2D eigenvalue weighted by molar-refractivity contribution is -0.267. The van der Waals surface area contributed by atoms with E-state index >= 15 is 0 Å². The second-order valence-corrected chi connectivity index (χ2v) is 14.9. The Morgan fingerprint density at radius 2 is 1.57 bits per heavy atom. The minimum Gasteiger partial charge on any atom is -0.382 e. The van der Waals surface area contributed by atoms with Crippen molar-refractivity contribution in [1.29, 1.82) is 0 Å². The van der Waals surface area contributed by atoms with Crippen molar-refractivity contribution >= 4 is 27.1 Å². The lowest BCUT2D eigenvalue weighted by Crippen LogP contribution is -2.52. The van der Waals surface area contributed by atoms with Crippen molar-refractivity contribution in [3.05, 3.63) is 36.7 Å². The molecule has 0 amide bonds. The summed E-state index contributed by atoms with van der Waals surface area (Å²) in [5.74, 6) is -1.01. The van der Waals surface area contributed by atoms with E-state index in [-0.39, 0.29) is 0 Å². The molecule has 0 fully saturated rings. The largest absolute Gasteiger partial charge is 0.382 e. The van der Waals surface area contributed by atoms with Crippen molar-refractivity contribution < 1.29 is 18.0 Å². The van der Waals surface area contributed by atoms with Gasteiger partial charge in [0.25, 0.3) is 5.97 Å². The Kier molecular flexibility index (Phi) is 9.75. The lowest BCUT2D eigenvalue weighted by atomic mass is 10.3. The van der Waals surface area contributed by atoms with Gasteiger partial charge in [0.05, 0.1) is 6.61 Å².